The van der Waals surface area contributed by atoms with Crippen molar-refractivity contribution < 1.29 is 9.53 Å². The molecule has 6 nitrogen and oxygen atoms in total. The molecule has 0 radical (unpaired) electrons. The number of benzene rings is 1. The number of hydrogen-bond donors (Lipinski definition) is 1. The van der Waals surface area contributed by atoms with Crippen molar-refractivity contribution in [2.75, 3.05) is 24.4 Å². The van der Waals surface area contributed by atoms with Crippen molar-refractivity contribution in [3.05, 3.63) is 47.7 Å². The van der Waals surface area contributed by atoms with Crippen molar-refractivity contribution in [1.82, 2.24) is 10.2 Å². The first-order valence-corrected chi connectivity index (χ1v) is 9.15. The topological polar surface area (TPSA) is 67.3 Å². The van der Waals surface area contributed by atoms with Gasteiger partial charge in [-0.05, 0) is 42.7 Å². The SMILES string of the molecule is COC(=O)c1ccc(NCc2ccc(N(C)C3CCCCC3)cc2)nn1. The summed E-state index contributed by atoms with van der Waals surface area (Å²) in [6.07, 6.45) is 6.64. The van der Waals surface area contributed by atoms with Crippen LogP contribution in [0.3, 0.4) is 0 Å². The lowest BCUT2D eigenvalue weighted by atomic mass is 9.94. The fourth-order valence-electron chi connectivity index (χ4n) is 3.36. The summed E-state index contributed by atoms with van der Waals surface area (Å²) in [5.74, 6) is 0.141. The number of methoxy groups -OCH3 is 1. The largest absolute Gasteiger partial charge is 0.464 e. The predicted molar refractivity (Wildman–Crippen MR) is 102 cm³/mol. The van der Waals surface area contributed by atoms with Gasteiger partial charge in [0.05, 0.1) is 7.11 Å². The number of nitrogens with one attached hydrogen (secondary N) is 1. The van der Waals surface area contributed by atoms with Gasteiger partial charge in [-0.1, -0.05) is 31.4 Å². The first-order chi connectivity index (χ1) is 12.7. The molecule has 1 aliphatic rings. The number of ether oxygens (including phenoxy) is 1. The van der Waals surface area contributed by atoms with Gasteiger partial charge in [0.15, 0.2) is 5.69 Å². The zero-order valence-electron chi connectivity index (χ0n) is 15.4. The number of anilines is 2. The highest BCUT2D eigenvalue weighted by molar-refractivity contribution is 5.86. The van der Waals surface area contributed by atoms with Crippen LogP contribution in [0.25, 0.3) is 0 Å². The Kier molecular flexibility index (Phi) is 6.04. The van der Waals surface area contributed by atoms with Crippen molar-refractivity contribution >= 4 is 17.5 Å². The number of aromatic nitrogens is 2. The molecule has 138 valence electrons. The zero-order valence-corrected chi connectivity index (χ0v) is 15.4. The van der Waals surface area contributed by atoms with Crippen LogP contribution in [0.1, 0.15) is 48.2 Å². The quantitative estimate of drug-likeness (QED) is 0.799. The van der Waals surface area contributed by atoms with Crippen LogP contribution in [0.15, 0.2) is 36.4 Å². The third-order valence-corrected chi connectivity index (χ3v) is 5.00. The van der Waals surface area contributed by atoms with Crippen molar-refractivity contribution in [3.8, 4) is 0 Å². The number of rotatable bonds is 6. The molecule has 0 unspecified atom stereocenters. The summed E-state index contributed by atoms with van der Waals surface area (Å²) in [4.78, 5) is 13.8. The molecule has 1 aromatic heterocycles. The van der Waals surface area contributed by atoms with E-state index in [0.29, 0.717) is 18.4 Å². The van der Waals surface area contributed by atoms with E-state index in [2.05, 4.69) is 56.5 Å². The zero-order chi connectivity index (χ0) is 18.4. The molecule has 0 amide bonds. The Labute approximate surface area is 154 Å². The van der Waals surface area contributed by atoms with Gasteiger partial charge in [-0.3, -0.25) is 0 Å². The molecule has 3 rings (SSSR count). The van der Waals surface area contributed by atoms with Crippen LogP contribution in [0.5, 0.6) is 0 Å². The fourth-order valence-corrected chi connectivity index (χ4v) is 3.36. The minimum absolute atomic E-state index is 0.202. The van der Waals surface area contributed by atoms with Gasteiger partial charge in [0, 0.05) is 25.3 Å². The second kappa shape index (κ2) is 8.65. The molecule has 0 atom stereocenters. The lowest BCUT2D eigenvalue weighted by Crippen LogP contribution is -2.33. The van der Waals surface area contributed by atoms with Crippen LogP contribution < -0.4 is 10.2 Å². The van der Waals surface area contributed by atoms with Crippen LogP contribution in [0.2, 0.25) is 0 Å². The van der Waals surface area contributed by atoms with E-state index in [0.717, 1.165) is 0 Å². The third kappa shape index (κ3) is 4.50. The molecule has 1 heterocycles. The normalized spacial score (nSPS) is 14.7. The van der Waals surface area contributed by atoms with E-state index in [1.807, 2.05) is 0 Å². The van der Waals surface area contributed by atoms with Crippen molar-refractivity contribution in [2.24, 2.45) is 0 Å². The van der Waals surface area contributed by atoms with Crippen LogP contribution in [-0.2, 0) is 11.3 Å². The van der Waals surface area contributed by atoms with Crippen LogP contribution >= 0.6 is 0 Å². The maximum atomic E-state index is 11.4. The van der Waals surface area contributed by atoms with Gasteiger partial charge >= 0.3 is 5.97 Å². The molecule has 1 aromatic carbocycles. The number of carbonyl (C=O) groups is 1. The average molecular weight is 354 g/mol. The summed E-state index contributed by atoms with van der Waals surface area (Å²) in [6.45, 7) is 0.652. The Balaban J connectivity index is 1.55. The summed E-state index contributed by atoms with van der Waals surface area (Å²) in [6, 6.07) is 12.6. The first-order valence-electron chi connectivity index (χ1n) is 9.15. The first kappa shape index (κ1) is 18.2. The minimum Gasteiger partial charge on any atom is -0.464 e. The molecule has 0 saturated heterocycles. The number of esters is 1. The summed E-state index contributed by atoms with van der Waals surface area (Å²) in [7, 11) is 3.52. The third-order valence-electron chi connectivity index (χ3n) is 5.00. The smallest absolute Gasteiger partial charge is 0.358 e. The second-order valence-electron chi connectivity index (χ2n) is 6.72. The lowest BCUT2D eigenvalue weighted by Gasteiger charge is -2.33. The van der Waals surface area contributed by atoms with Gasteiger partial charge in [-0.2, -0.15) is 0 Å². The monoisotopic (exact) mass is 354 g/mol. The summed E-state index contributed by atoms with van der Waals surface area (Å²) in [5, 5.41) is 11.1. The highest BCUT2D eigenvalue weighted by Gasteiger charge is 2.18. The van der Waals surface area contributed by atoms with Gasteiger partial charge in [-0.25, -0.2) is 4.79 Å². The van der Waals surface area contributed by atoms with Gasteiger partial charge in [-0.15, -0.1) is 10.2 Å². The molecule has 1 fully saturated rings. The Morgan fingerprint density at radius 1 is 1.12 bits per heavy atom. The highest BCUT2D eigenvalue weighted by atomic mass is 16.5. The molecule has 1 aliphatic carbocycles. The van der Waals surface area contributed by atoms with E-state index in [4.69, 9.17) is 0 Å². The molecule has 1 N–H and O–H groups in total. The predicted octanol–water partition coefficient (Wildman–Crippen LogP) is 3.64. The standard InChI is InChI=1S/C20H26N4O2/c1-24(16-6-4-3-5-7-16)17-10-8-15(9-11-17)14-21-19-13-12-18(22-23-19)20(25)26-2/h8-13,16H,3-7,14H2,1-2H3,(H,21,23). The Morgan fingerprint density at radius 3 is 2.46 bits per heavy atom. The molecule has 0 spiro atoms. The van der Waals surface area contributed by atoms with Gasteiger partial charge in [0.1, 0.15) is 5.82 Å². The lowest BCUT2D eigenvalue weighted by molar-refractivity contribution is 0.0593. The Hall–Kier alpha value is -2.63. The maximum absolute atomic E-state index is 11.4. The van der Waals surface area contributed by atoms with E-state index >= 15 is 0 Å². The molecule has 26 heavy (non-hydrogen) atoms. The average Bonchev–Trinajstić information content (AvgIpc) is 2.72. The number of nitrogens with zero attached hydrogens (tertiary/aromatic N) is 3. The summed E-state index contributed by atoms with van der Waals surface area (Å²) in [5.41, 5.74) is 2.64. The molecular formula is C20H26N4O2. The van der Waals surface area contributed by atoms with Crippen LogP contribution in [0, 0.1) is 0 Å². The van der Waals surface area contributed by atoms with Gasteiger partial charge < -0.3 is 15.0 Å². The molecule has 1 saturated carbocycles. The molecule has 2 aromatic rings. The molecule has 0 bridgehead atoms. The maximum Gasteiger partial charge on any atom is 0.358 e. The second-order valence-corrected chi connectivity index (χ2v) is 6.72. The van der Waals surface area contributed by atoms with E-state index in [1.165, 1.54) is 50.5 Å². The van der Waals surface area contributed by atoms with E-state index < -0.39 is 5.97 Å². The Bertz CT molecular complexity index is 710. The fraction of sp³-hybridized carbons (Fsp3) is 0.450. The number of hydrogen-bond acceptors (Lipinski definition) is 6. The van der Waals surface area contributed by atoms with Crippen molar-refractivity contribution in [1.29, 1.82) is 0 Å². The summed E-state index contributed by atoms with van der Waals surface area (Å²) >= 11 is 0. The van der Waals surface area contributed by atoms with Gasteiger partial charge in [0.25, 0.3) is 0 Å². The van der Waals surface area contributed by atoms with E-state index in [9.17, 15) is 4.79 Å². The van der Waals surface area contributed by atoms with E-state index in [1.54, 1.807) is 12.1 Å². The molecule has 6 heteroatoms. The molecular weight excluding hydrogens is 328 g/mol. The number of carbonyl (C=O) groups excluding carboxylic acids is 1. The van der Waals surface area contributed by atoms with Gasteiger partial charge in [0.2, 0.25) is 0 Å². The highest BCUT2D eigenvalue weighted by Crippen LogP contribution is 2.26. The molecule has 0 aliphatic heterocycles. The summed E-state index contributed by atoms with van der Waals surface area (Å²) < 4.78 is 4.61. The Morgan fingerprint density at radius 2 is 1.85 bits per heavy atom. The minimum atomic E-state index is -0.485. The van der Waals surface area contributed by atoms with Crippen molar-refractivity contribution in [2.45, 2.75) is 44.7 Å². The van der Waals surface area contributed by atoms with Crippen LogP contribution in [-0.4, -0.2) is 36.4 Å². The van der Waals surface area contributed by atoms with E-state index in [-0.39, 0.29) is 5.69 Å². The van der Waals surface area contributed by atoms with Crippen molar-refractivity contribution in [3.63, 3.8) is 0 Å². The van der Waals surface area contributed by atoms with Crippen LogP contribution in [0.4, 0.5) is 11.5 Å².